The number of halogens is 1. The molecule has 3 heterocycles. The summed E-state index contributed by atoms with van der Waals surface area (Å²) in [5.41, 5.74) is 2.79. The molecule has 0 bridgehead atoms. The molecule has 7 heteroatoms. The first-order chi connectivity index (χ1) is 13.0. The Morgan fingerprint density at radius 2 is 1.85 bits per heavy atom. The van der Waals surface area contributed by atoms with Crippen LogP contribution in [0.25, 0.3) is 0 Å². The highest BCUT2D eigenvalue weighted by Crippen LogP contribution is 2.25. The van der Waals surface area contributed by atoms with Gasteiger partial charge in [0.2, 0.25) is 0 Å². The molecule has 1 N–H and O–H groups in total. The van der Waals surface area contributed by atoms with Gasteiger partial charge >= 0.3 is 0 Å². The van der Waals surface area contributed by atoms with Gasteiger partial charge in [0.1, 0.15) is 0 Å². The van der Waals surface area contributed by atoms with Crippen molar-refractivity contribution in [1.82, 2.24) is 14.5 Å². The van der Waals surface area contributed by atoms with Crippen molar-refractivity contribution in [3.8, 4) is 0 Å². The van der Waals surface area contributed by atoms with Gasteiger partial charge in [0.15, 0.2) is 11.5 Å². The Balaban J connectivity index is 1.64. The maximum Gasteiger partial charge on any atom is 0.289 e. The summed E-state index contributed by atoms with van der Waals surface area (Å²) in [6.45, 7) is 4.19. The Hall–Kier alpha value is -2.34. The largest absolute Gasteiger partial charge is 0.336 e. The van der Waals surface area contributed by atoms with Crippen molar-refractivity contribution < 1.29 is 9.59 Å². The van der Waals surface area contributed by atoms with Crippen LogP contribution in [0.2, 0.25) is 5.02 Å². The number of fused-ring (bicyclic) bond motifs is 1. The van der Waals surface area contributed by atoms with E-state index in [4.69, 9.17) is 11.6 Å². The van der Waals surface area contributed by atoms with Crippen LogP contribution in [-0.2, 0) is 13.0 Å². The lowest BCUT2D eigenvalue weighted by Gasteiger charge is -2.19. The Labute approximate surface area is 163 Å². The van der Waals surface area contributed by atoms with Gasteiger partial charge in [-0.1, -0.05) is 17.7 Å². The standard InChI is InChI=1S/C20H23ClN4O2/c1-13-7-8-14(12-15(13)21)22-19(26)17-16-6-2-3-11-25(16)18(23-17)20(27)24-9-4-5-10-24/h7-8,12H,2-6,9-11H2,1H3,(H,22,26). The molecule has 2 aliphatic heterocycles. The minimum atomic E-state index is -0.291. The average Bonchev–Trinajstić information content (AvgIpc) is 3.32. The molecule has 0 unspecified atom stereocenters. The molecule has 0 spiro atoms. The number of carbonyl (C=O) groups is 2. The van der Waals surface area contributed by atoms with Crippen LogP contribution in [-0.4, -0.2) is 39.4 Å². The van der Waals surface area contributed by atoms with Crippen LogP contribution in [0.1, 0.15) is 58.0 Å². The molecule has 2 aromatic rings. The maximum atomic E-state index is 12.9. The van der Waals surface area contributed by atoms with Gasteiger partial charge in [-0.3, -0.25) is 9.59 Å². The molecule has 2 aliphatic rings. The van der Waals surface area contributed by atoms with Crippen molar-refractivity contribution in [2.24, 2.45) is 0 Å². The van der Waals surface area contributed by atoms with Crippen LogP contribution >= 0.6 is 11.6 Å². The van der Waals surface area contributed by atoms with E-state index in [1.165, 1.54) is 0 Å². The highest BCUT2D eigenvalue weighted by atomic mass is 35.5. The highest BCUT2D eigenvalue weighted by Gasteiger charge is 2.30. The molecule has 1 aromatic heterocycles. The molecule has 2 amide bonds. The number of hydrogen-bond donors (Lipinski definition) is 1. The van der Waals surface area contributed by atoms with E-state index in [0.29, 0.717) is 22.2 Å². The van der Waals surface area contributed by atoms with E-state index in [1.54, 1.807) is 6.07 Å². The lowest BCUT2D eigenvalue weighted by molar-refractivity contribution is 0.0774. The second kappa shape index (κ2) is 7.35. The molecule has 0 radical (unpaired) electrons. The fraction of sp³-hybridized carbons (Fsp3) is 0.450. The third-order valence-corrected chi connectivity index (χ3v) is 5.75. The molecule has 0 saturated carbocycles. The summed E-state index contributed by atoms with van der Waals surface area (Å²) >= 11 is 6.16. The predicted molar refractivity (Wildman–Crippen MR) is 104 cm³/mol. The monoisotopic (exact) mass is 386 g/mol. The van der Waals surface area contributed by atoms with E-state index < -0.39 is 0 Å². The second-order valence-corrected chi connectivity index (χ2v) is 7.66. The van der Waals surface area contributed by atoms with Crippen molar-refractivity contribution in [3.05, 3.63) is 46.0 Å². The molecule has 0 atom stereocenters. The van der Waals surface area contributed by atoms with Crippen LogP contribution < -0.4 is 5.32 Å². The zero-order valence-electron chi connectivity index (χ0n) is 15.4. The van der Waals surface area contributed by atoms with E-state index in [1.807, 2.05) is 28.5 Å². The second-order valence-electron chi connectivity index (χ2n) is 7.26. The van der Waals surface area contributed by atoms with Gasteiger partial charge in [0.25, 0.3) is 11.8 Å². The van der Waals surface area contributed by atoms with Crippen LogP contribution in [0.15, 0.2) is 18.2 Å². The van der Waals surface area contributed by atoms with Crippen molar-refractivity contribution in [3.63, 3.8) is 0 Å². The third-order valence-electron chi connectivity index (χ3n) is 5.35. The van der Waals surface area contributed by atoms with E-state index in [9.17, 15) is 9.59 Å². The Morgan fingerprint density at radius 3 is 2.59 bits per heavy atom. The van der Waals surface area contributed by atoms with Crippen molar-refractivity contribution in [2.75, 3.05) is 18.4 Å². The van der Waals surface area contributed by atoms with E-state index in [2.05, 4.69) is 10.3 Å². The van der Waals surface area contributed by atoms with Crippen LogP contribution in [0, 0.1) is 6.92 Å². The lowest BCUT2D eigenvalue weighted by Crippen LogP contribution is -2.31. The van der Waals surface area contributed by atoms with Gasteiger partial charge in [0.05, 0.1) is 5.69 Å². The number of aromatic nitrogens is 2. The molecule has 27 heavy (non-hydrogen) atoms. The summed E-state index contributed by atoms with van der Waals surface area (Å²) < 4.78 is 1.95. The van der Waals surface area contributed by atoms with E-state index >= 15 is 0 Å². The first-order valence-electron chi connectivity index (χ1n) is 9.51. The van der Waals surface area contributed by atoms with Crippen molar-refractivity contribution in [1.29, 1.82) is 0 Å². The Morgan fingerprint density at radius 1 is 1.11 bits per heavy atom. The number of amides is 2. The topological polar surface area (TPSA) is 67.2 Å². The lowest BCUT2D eigenvalue weighted by atomic mass is 10.1. The molecule has 1 fully saturated rings. The van der Waals surface area contributed by atoms with Crippen molar-refractivity contribution >= 4 is 29.1 Å². The molecule has 1 saturated heterocycles. The molecule has 0 aliphatic carbocycles. The number of benzene rings is 1. The summed E-state index contributed by atoms with van der Waals surface area (Å²) in [6.07, 6.45) is 4.82. The number of rotatable bonds is 3. The normalized spacial score (nSPS) is 16.3. The predicted octanol–water partition coefficient (Wildman–Crippen LogP) is 3.67. The van der Waals surface area contributed by atoms with E-state index in [-0.39, 0.29) is 11.8 Å². The minimum Gasteiger partial charge on any atom is -0.336 e. The van der Waals surface area contributed by atoms with Gasteiger partial charge in [-0.25, -0.2) is 4.98 Å². The first kappa shape index (κ1) is 18.0. The van der Waals surface area contributed by atoms with Crippen LogP contribution in [0.5, 0.6) is 0 Å². The minimum absolute atomic E-state index is 0.0620. The average molecular weight is 387 g/mol. The summed E-state index contributed by atoms with van der Waals surface area (Å²) in [5.74, 6) is 0.0489. The number of aryl methyl sites for hydroxylation is 1. The number of likely N-dealkylation sites (tertiary alicyclic amines) is 1. The SMILES string of the molecule is Cc1ccc(NC(=O)c2nc(C(=O)N3CCCC3)n3c2CCCC3)cc1Cl. The number of nitrogens with zero attached hydrogens (tertiary/aromatic N) is 3. The maximum absolute atomic E-state index is 12.9. The van der Waals surface area contributed by atoms with Crippen LogP contribution in [0.4, 0.5) is 5.69 Å². The molecular formula is C20H23ClN4O2. The van der Waals surface area contributed by atoms with E-state index in [0.717, 1.165) is 63.0 Å². The van der Waals surface area contributed by atoms with Gasteiger partial charge in [-0.2, -0.15) is 0 Å². The van der Waals surface area contributed by atoms with Crippen LogP contribution in [0.3, 0.4) is 0 Å². The zero-order chi connectivity index (χ0) is 19.0. The Bertz CT molecular complexity index is 900. The first-order valence-corrected chi connectivity index (χ1v) is 9.88. The number of nitrogens with one attached hydrogen (secondary N) is 1. The smallest absolute Gasteiger partial charge is 0.289 e. The summed E-state index contributed by atoms with van der Waals surface area (Å²) in [7, 11) is 0. The molecule has 6 nitrogen and oxygen atoms in total. The third kappa shape index (κ3) is 3.46. The summed E-state index contributed by atoms with van der Waals surface area (Å²) in [6, 6.07) is 5.41. The summed E-state index contributed by atoms with van der Waals surface area (Å²) in [4.78, 5) is 32.1. The van der Waals surface area contributed by atoms with Crippen molar-refractivity contribution in [2.45, 2.75) is 45.6 Å². The molecule has 4 rings (SSSR count). The van der Waals surface area contributed by atoms with Gasteiger partial charge < -0.3 is 14.8 Å². The van der Waals surface area contributed by atoms with Gasteiger partial charge in [-0.05, 0) is 56.7 Å². The number of imidazole rings is 1. The van der Waals surface area contributed by atoms with Gasteiger partial charge in [-0.15, -0.1) is 0 Å². The zero-order valence-corrected chi connectivity index (χ0v) is 16.2. The number of carbonyl (C=O) groups excluding carboxylic acids is 2. The molecular weight excluding hydrogens is 364 g/mol. The fourth-order valence-corrected chi connectivity index (χ4v) is 3.99. The fourth-order valence-electron chi connectivity index (χ4n) is 3.81. The number of hydrogen-bond acceptors (Lipinski definition) is 3. The highest BCUT2D eigenvalue weighted by molar-refractivity contribution is 6.31. The summed E-state index contributed by atoms with van der Waals surface area (Å²) in [5, 5.41) is 3.48. The molecule has 1 aromatic carbocycles. The number of anilines is 1. The Kier molecular flexibility index (Phi) is 4.91. The van der Waals surface area contributed by atoms with Gasteiger partial charge in [0, 0.05) is 30.3 Å². The molecule has 142 valence electrons. The quantitative estimate of drug-likeness (QED) is 0.875.